The molecule has 0 N–H and O–H groups in total. The molecule has 4 saturated carbocycles. The number of piperidine rings is 4. The van der Waals surface area contributed by atoms with E-state index in [-0.39, 0.29) is 56.4 Å². The van der Waals surface area contributed by atoms with Gasteiger partial charge in [0, 0.05) is 130 Å². The fraction of sp³-hybridized carbons (Fsp3) is 0.339. The molecule has 8 aromatic carbocycles. The number of halogens is 6. The lowest BCUT2D eigenvalue weighted by Gasteiger charge is -2.36. The molecule has 0 radical (unpaired) electrons. The Morgan fingerprint density at radius 2 is 0.615 bits per heavy atom. The summed E-state index contributed by atoms with van der Waals surface area (Å²) < 4.78 is 87.1. The maximum Gasteiger partial charge on any atom is 0.296 e. The fourth-order valence-corrected chi connectivity index (χ4v) is 23.5. The predicted molar refractivity (Wildman–Crippen MR) is 543 cm³/mol. The number of anilines is 4. The third kappa shape index (κ3) is 17.7. The molecule has 0 bridgehead atoms. The first kappa shape index (κ1) is 93.6. The Morgan fingerprint density at radius 1 is 0.322 bits per heavy atom. The molecule has 34 heteroatoms. The first-order valence-electron chi connectivity index (χ1n) is 48.7. The average Bonchev–Trinajstić information content (AvgIpc) is 1.65. The van der Waals surface area contributed by atoms with E-state index in [0.29, 0.717) is 122 Å². The molecule has 8 aliphatic rings. The van der Waals surface area contributed by atoms with Crippen LogP contribution in [-0.2, 0) is 28.2 Å². The summed E-state index contributed by atoms with van der Waals surface area (Å²) in [6.07, 6.45) is 25.8. The summed E-state index contributed by atoms with van der Waals surface area (Å²) in [7, 11) is 7.40. The molecule has 8 unspecified atom stereocenters. The van der Waals surface area contributed by atoms with Crippen molar-refractivity contribution in [2.45, 2.75) is 110 Å². The molecule has 8 aromatic heterocycles. The molecular weight excluding hydrogens is 1840 g/mol. The van der Waals surface area contributed by atoms with E-state index in [9.17, 15) is 36.7 Å². The second-order valence-corrected chi connectivity index (χ2v) is 39.3. The molecule has 0 spiro atoms. The number of fused-ring (bicyclic) bond motifs is 8. The van der Waals surface area contributed by atoms with Crippen LogP contribution in [0.5, 0.6) is 0 Å². The maximum absolute atomic E-state index is 15.7. The van der Waals surface area contributed by atoms with E-state index in [1.807, 2.05) is 88.5 Å². The van der Waals surface area contributed by atoms with Crippen molar-refractivity contribution in [2.75, 3.05) is 72.0 Å². The molecule has 12 heterocycles. The molecule has 143 heavy (non-hydrogen) atoms. The van der Waals surface area contributed by atoms with Gasteiger partial charge in [0.15, 0.2) is 11.6 Å². The van der Waals surface area contributed by atoms with E-state index < -0.39 is 40.2 Å². The zero-order valence-electron chi connectivity index (χ0n) is 79.5. The summed E-state index contributed by atoms with van der Waals surface area (Å²) in [4.78, 5) is 95.7. The normalized spacial score (nSPS) is 19.5. The third-order valence-electron chi connectivity index (χ3n) is 30.9. The number of hydrogen-bond acceptors (Lipinski definition) is 16. The van der Waals surface area contributed by atoms with E-state index >= 15 is 4.39 Å². The highest BCUT2D eigenvalue weighted by atomic mass is 35.5. The lowest BCUT2D eigenvalue weighted by molar-refractivity contribution is 0.320. The van der Waals surface area contributed by atoms with Crippen LogP contribution in [0, 0.1) is 110 Å². The Morgan fingerprint density at radius 3 is 0.972 bits per heavy atom. The van der Waals surface area contributed by atoms with Crippen molar-refractivity contribution >= 4 is 101 Å². The zero-order chi connectivity index (χ0) is 99.0. The Balaban J connectivity index is 0.000000113. The van der Waals surface area contributed by atoms with Gasteiger partial charge in [-0.1, -0.05) is 111 Å². The number of benzene rings is 8. The number of nitrogens with zero attached hydrogens (tertiary/aromatic N) is 24. The van der Waals surface area contributed by atoms with Crippen LogP contribution in [0.2, 0.25) is 5.02 Å². The van der Waals surface area contributed by atoms with E-state index in [4.69, 9.17) is 52.8 Å². The van der Waals surface area contributed by atoms with Crippen LogP contribution in [0.1, 0.15) is 108 Å². The Labute approximate surface area is 824 Å². The van der Waals surface area contributed by atoms with Crippen molar-refractivity contribution in [3.05, 3.63) is 303 Å². The summed E-state index contributed by atoms with van der Waals surface area (Å²) in [5, 5.41) is 20.6. The number of rotatable bonds is 12. The van der Waals surface area contributed by atoms with Gasteiger partial charge in [-0.3, -0.25) is 56.2 Å². The maximum atomic E-state index is 15.7. The largest absolute Gasteiger partial charge is 0.356 e. The summed E-state index contributed by atoms with van der Waals surface area (Å²) >= 11 is 6.72. The van der Waals surface area contributed by atoms with Gasteiger partial charge in [0.1, 0.15) is 63.2 Å². The summed E-state index contributed by atoms with van der Waals surface area (Å²) in [5.74, 6) is 4.57. The molecule has 722 valence electrons. The Hall–Kier alpha value is -15.7. The van der Waals surface area contributed by atoms with Gasteiger partial charge in [0.05, 0.1) is 101 Å². The number of aromatic nitrogens is 16. The van der Waals surface area contributed by atoms with Crippen LogP contribution >= 0.6 is 11.6 Å². The quantitative estimate of drug-likeness (QED) is 0.0815. The minimum absolute atomic E-state index is 0.00807. The predicted octanol–water partition coefficient (Wildman–Crippen LogP) is 21.5. The second-order valence-electron chi connectivity index (χ2n) is 39.0. The average molecular weight is 1940 g/mol. The van der Waals surface area contributed by atoms with Crippen LogP contribution in [0.4, 0.5) is 68.0 Å². The van der Waals surface area contributed by atoms with Crippen molar-refractivity contribution in [3.8, 4) is 68.3 Å². The van der Waals surface area contributed by atoms with Gasteiger partial charge in [0.25, 0.3) is 22.2 Å². The molecule has 4 aliphatic heterocycles. The highest BCUT2D eigenvalue weighted by Crippen LogP contribution is 2.46. The Bertz CT molecular complexity index is 7680. The minimum atomic E-state index is -0.917. The minimum Gasteiger partial charge on any atom is -0.356 e. The van der Waals surface area contributed by atoms with Crippen molar-refractivity contribution in [1.82, 2.24) is 77.3 Å². The van der Waals surface area contributed by atoms with Crippen LogP contribution in [-0.4, -0.2) is 130 Å². The Kier molecular flexibility index (Phi) is 25.3. The first-order chi connectivity index (χ1) is 69.3. The summed E-state index contributed by atoms with van der Waals surface area (Å²) in [6, 6.07) is 40.9. The van der Waals surface area contributed by atoms with Gasteiger partial charge in [-0.25, -0.2) is 56.9 Å². The lowest BCUT2D eigenvalue weighted by Crippen LogP contribution is -2.41. The standard InChI is InChI=1S/C28H27FN6O.C27H24ClFN6O.C27H24F2N6O.C27H25FN6O/c1-17-26(34-12-11-18-5-4-6-20(18)16-34)32-27(19-7-9-24(30-2)23(29)14-19)35(28(17)36)22-8-10-25-21(13-22)15-31-33(25)3;1-30-22-8-6-17(13-21(22)29)25-32-26(34-11-10-16-4-3-5-18(16)15-34)24(28)27(36)35(25)20-7-9-23-19(12-20)14-31-33(23)2;1-30-22-8-6-17(13-21(22)28)25-32-26(34-11-10-16-4-3-5-18(16)15-34)24(29)27(36)35(25)20-7-9-23-19(12-20)14-31-33(23)2;1-29-23-8-6-18(13-22(23)28)27-31-25(33-11-10-17-4-3-5-19(17)16-33)14-26(35)34(27)21-7-9-24-20(12-21)15-30-32(24)2/h7-10,13-15,18,20H,4-6,11-12,16H2,1,3H3;2*6-9,12-14,16,18H,3-5,10-11,15H2,2H3;6-9,12-15,17,19H,3-5,10-11,16H2,2H3. The van der Waals surface area contributed by atoms with Crippen molar-refractivity contribution in [1.29, 1.82) is 0 Å². The lowest BCUT2D eigenvalue weighted by atomic mass is 9.88. The highest BCUT2D eigenvalue weighted by molar-refractivity contribution is 6.32. The van der Waals surface area contributed by atoms with Gasteiger partial charge in [-0.15, -0.1) is 0 Å². The van der Waals surface area contributed by atoms with Gasteiger partial charge in [-0.05, 0) is 203 Å². The molecule has 4 aliphatic carbocycles. The molecule has 0 amide bonds. The van der Waals surface area contributed by atoms with Crippen molar-refractivity contribution in [2.24, 2.45) is 75.5 Å². The summed E-state index contributed by atoms with van der Waals surface area (Å²) in [6.45, 7) is 36.9. The van der Waals surface area contributed by atoms with E-state index in [1.54, 1.807) is 103 Å². The van der Waals surface area contributed by atoms with E-state index in [0.717, 1.165) is 133 Å². The van der Waals surface area contributed by atoms with Gasteiger partial charge in [0.2, 0.25) is 28.6 Å². The van der Waals surface area contributed by atoms with Gasteiger partial charge < -0.3 is 19.6 Å². The molecule has 8 atom stereocenters. The van der Waals surface area contributed by atoms with Crippen LogP contribution in [0.25, 0.3) is 131 Å². The van der Waals surface area contributed by atoms with Crippen LogP contribution in [0.15, 0.2) is 196 Å². The molecule has 16 aromatic rings. The highest BCUT2D eigenvalue weighted by Gasteiger charge is 2.41. The third-order valence-corrected chi connectivity index (χ3v) is 31.2. The van der Waals surface area contributed by atoms with Crippen molar-refractivity contribution in [3.63, 3.8) is 0 Å². The summed E-state index contributed by atoms with van der Waals surface area (Å²) in [5.41, 5.74) is 6.09. The van der Waals surface area contributed by atoms with Gasteiger partial charge in [-0.2, -0.15) is 24.8 Å². The van der Waals surface area contributed by atoms with E-state index in [1.165, 1.54) is 133 Å². The van der Waals surface area contributed by atoms with Crippen LogP contribution < -0.4 is 41.8 Å². The van der Waals surface area contributed by atoms with Gasteiger partial charge >= 0.3 is 0 Å². The number of hydrogen-bond donors (Lipinski definition) is 0. The van der Waals surface area contributed by atoms with Crippen molar-refractivity contribution < 1.29 is 22.0 Å². The fourth-order valence-electron chi connectivity index (χ4n) is 23.3. The topological polar surface area (TPSA) is 241 Å². The second kappa shape index (κ2) is 38.7. The molecule has 24 rings (SSSR count). The monoisotopic (exact) mass is 1940 g/mol. The van der Waals surface area contributed by atoms with E-state index in [2.05, 4.69) is 59.5 Å². The first-order valence-corrected chi connectivity index (χ1v) is 49.0. The van der Waals surface area contributed by atoms with Crippen LogP contribution in [0.3, 0.4) is 0 Å². The molecule has 28 nitrogen and oxygen atoms in total. The molecular formula is C109H100ClF5N24O4. The molecule has 4 saturated heterocycles. The number of aryl methyl sites for hydroxylation is 4. The SMILES string of the molecule is [C-]#[N+]c1ccc(-c2nc(N3CCC4CCCC4C3)c(C)c(=O)n2-c2ccc3c(cnn3C)c2)cc1F.[C-]#[N+]c1ccc(-c2nc(N3CCC4CCCC4C3)c(Cl)c(=O)n2-c2ccc3c(cnn3C)c2)cc1F.[C-]#[N+]c1ccc(-c2nc(N3CCC4CCCC4C3)c(F)c(=O)n2-c2ccc3c(cnn3C)c2)cc1F.[C-]#[N+]c1ccc(-c2nc(N3CCC4CCCC4C3)cc(=O)n2-c2ccc3c(cnn3C)c2)cc1F. The molecule has 8 fully saturated rings. The smallest absolute Gasteiger partial charge is 0.296 e. The zero-order valence-corrected chi connectivity index (χ0v) is 80.2.